The Labute approximate surface area is 204 Å². The van der Waals surface area contributed by atoms with E-state index >= 15 is 0 Å². The van der Waals surface area contributed by atoms with E-state index in [0.29, 0.717) is 31.5 Å². The summed E-state index contributed by atoms with van der Waals surface area (Å²) in [7, 11) is 0. The van der Waals surface area contributed by atoms with Gasteiger partial charge in [-0.2, -0.15) is 12.6 Å². The van der Waals surface area contributed by atoms with Gasteiger partial charge in [0.05, 0.1) is 12.4 Å². The summed E-state index contributed by atoms with van der Waals surface area (Å²) in [6.45, 7) is 4.16. The number of amides is 3. The lowest BCUT2D eigenvalue weighted by molar-refractivity contribution is -0.142. The van der Waals surface area contributed by atoms with Gasteiger partial charge >= 0.3 is 5.97 Å². The minimum atomic E-state index is -1.18. The third kappa shape index (κ3) is 9.69. The Morgan fingerprint density at radius 3 is 2.24 bits per heavy atom. The molecule has 1 heterocycles. The number of aliphatic carboxylic acids is 1. The molecule has 0 aromatic carbocycles. The molecule has 0 fully saturated rings. The topological polar surface area (TPSA) is 205 Å². The van der Waals surface area contributed by atoms with E-state index in [-0.39, 0.29) is 24.5 Å². The summed E-state index contributed by atoms with van der Waals surface area (Å²) in [5.74, 6) is -3.18. The van der Waals surface area contributed by atoms with Crippen LogP contribution < -0.4 is 27.4 Å². The lowest BCUT2D eigenvalue weighted by atomic mass is 9.98. The number of hydrogen-bond acceptors (Lipinski definition) is 8. The molecule has 0 bridgehead atoms. The van der Waals surface area contributed by atoms with Gasteiger partial charge in [-0.05, 0) is 31.7 Å². The Balaban J connectivity index is 2.90. The fraction of sp³-hybridized carbons (Fsp3) is 0.667. The van der Waals surface area contributed by atoms with Crippen LogP contribution in [0, 0.1) is 5.92 Å². The van der Waals surface area contributed by atoms with Crippen molar-refractivity contribution in [1.29, 1.82) is 0 Å². The SMILES string of the molecule is CCC(C)C(N)C(=O)NC(Cc1cnc[nH]1)C(=O)NC(CS)C(=O)NC(CCCCN)C(=O)O. The fourth-order valence-electron chi connectivity index (χ4n) is 3.09. The maximum atomic E-state index is 13.0. The number of unbranched alkanes of at least 4 members (excludes halogenated alkanes) is 1. The summed E-state index contributed by atoms with van der Waals surface area (Å²) >= 11 is 4.13. The Kier molecular flexibility index (Phi) is 13.2. The molecule has 12 nitrogen and oxygen atoms in total. The quantitative estimate of drug-likeness (QED) is 0.103. The number of carboxylic acid groups (broad SMARTS) is 1. The van der Waals surface area contributed by atoms with Gasteiger partial charge in [-0.25, -0.2) is 9.78 Å². The molecule has 34 heavy (non-hydrogen) atoms. The van der Waals surface area contributed by atoms with Crippen molar-refractivity contribution in [2.45, 2.75) is 70.1 Å². The van der Waals surface area contributed by atoms with Crippen molar-refractivity contribution in [3.05, 3.63) is 18.2 Å². The number of imidazole rings is 1. The molecule has 1 aromatic heterocycles. The Hall–Kier alpha value is -2.64. The molecule has 3 amide bonds. The second-order valence-corrected chi connectivity index (χ2v) is 8.55. The number of rotatable bonds is 16. The zero-order chi connectivity index (χ0) is 25.7. The van der Waals surface area contributed by atoms with Gasteiger partial charge in [0.2, 0.25) is 17.7 Å². The number of nitrogens with two attached hydrogens (primary N) is 2. The number of carboxylic acids is 1. The van der Waals surface area contributed by atoms with Crippen LogP contribution in [0.15, 0.2) is 12.5 Å². The van der Waals surface area contributed by atoms with Crippen molar-refractivity contribution in [3.63, 3.8) is 0 Å². The van der Waals surface area contributed by atoms with Gasteiger partial charge in [-0.15, -0.1) is 0 Å². The Bertz CT molecular complexity index is 792. The van der Waals surface area contributed by atoms with E-state index < -0.39 is 47.9 Å². The summed E-state index contributed by atoms with van der Waals surface area (Å²) in [4.78, 5) is 56.6. The number of aromatic nitrogens is 2. The van der Waals surface area contributed by atoms with Crippen LogP contribution in [0.4, 0.5) is 0 Å². The first kappa shape index (κ1) is 29.4. The molecule has 1 rings (SSSR count). The van der Waals surface area contributed by atoms with Crippen LogP contribution in [0.1, 0.15) is 45.2 Å². The molecule has 0 spiro atoms. The zero-order valence-electron chi connectivity index (χ0n) is 19.6. The number of hydrogen-bond donors (Lipinski definition) is 8. The Morgan fingerprint density at radius 2 is 1.71 bits per heavy atom. The van der Waals surface area contributed by atoms with Crippen molar-refractivity contribution in [2.24, 2.45) is 17.4 Å². The lowest BCUT2D eigenvalue weighted by Crippen LogP contribution is -2.58. The molecule has 0 aliphatic heterocycles. The number of aromatic amines is 1. The van der Waals surface area contributed by atoms with Crippen LogP contribution in [0.5, 0.6) is 0 Å². The second kappa shape index (κ2) is 15.3. The number of carbonyl (C=O) groups is 4. The maximum absolute atomic E-state index is 13.0. The molecule has 5 atom stereocenters. The van der Waals surface area contributed by atoms with Gasteiger partial charge in [-0.1, -0.05) is 20.3 Å². The number of nitrogens with zero attached hydrogens (tertiary/aromatic N) is 1. The summed E-state index contributed by atoms with van der Waals surface area (Å²) in [5.41, 5.74) is 12.0. The van der Waals surface area contributed by atoms with Crippen LogP contribution in [-0.2, 0) is 25.6 Å². The van der Waals surface area contributed by atoms with Gasteiger partial charge in [0.15, 0.2) is 0 Å². The molecule has 0 aliphatic rings. The highest BCUT2D eigenvalue weighted by Crippen LogP contribution is 2.07. The van der Waals surface area contributed by atoms with Crippen molar-refractivity contribution >= 4 is 36.3 Å². The van der Waals surface area contributed by atoms with Crippen LogP contribution in [-0.4, -0.2) is 75.2 Å². The predicted molar refractivity (Wildman–Crippen MR) is 130 cm³/mol. The van der Waals surface area contributed by atoms with Crippen LogP contribution >= 0.6 is 12.6 Å². The first-order valence-corrected chi connectivity index (χ1v) is 11.9. The second-order valence-electron chi connectivity index (χ2n) is 8.18. The van der Waals surface area contributed by atoms with E-state index in [1.54, 1.807) is 0 Å². The zero-order valence-corrected chi connectivity index (χ0v) is 20.5. The van der Waals surface area contributed by atoms with E-state index in [4.69, 9.17) is 11.5 Å². The molecule has 5 unspecified atom stereocenters. The van der Waals surface area contributed by atoms with E-state index in [9.17, 15) is 24.3 Å². The minimum absolute atomic E-state index is 0.0795. The van der Waals surface area contributed by atoms with Crippen molar-refractivity contribution in [3.8, 4) is 0 Å². The van der Waals surface area contributed by atoms with Crippen molar-refractivity contribution in [1.82, 2.24) is 25.9 Å². The van der Waals surface area contributed by atoms with Crippen molar-refractivity contribution in [2.75, 3.05) is 12.3 Å². The highest BCUT2D eigenvalue weighted by atomic mass is 32.1. The van der Waals surface area contributed by atoms with Gasteiger partial charge < -0.3 is 37.5 Å². The summed E-state index contributed by atoms with van der Waals surface area (Å²) in [6, 6.07) is -4.09. The number of nitrogens with one attached hydrogen (secondary N) is 4. The van der Waals surface area contributed by atoms with Gasteiger partial charge in [-0.3, -0.25) is 14.4 Å². The molecule has 0 saturated heterocycles. The molecular formula is C21H37N7O5S. The van der Waals surface area contributed by atoms with Gasteiger partial charge in [0, 0.05) is 24.1 Å². The summed E-state index contributed by atoms with van der Waals surface area (Å²) < 4.78 is 0. The van der Waals surface area contributed by atoms with Gasteiger partial charge in [0.1, 0.15) is 18.1 Å². The van der Waals surface area contributed by atoms with Crippen LogP contribution in [0.3, 0.4) is 0 Å². The molecule has 0 radical (unpaired) electrons. The number of thiol groups is 1. The average Bonchev–Trinajstić information content (AvgIpc) is 3.33. The van der Waals surface area contributed by atoms with E-state index in [1.807, 2.05) is 13.8 Å². The van der Waals surface area contributed by atoms with E-state index in [2.05, 4.69) is 38.5 Å². The first-order chi connectivity index (χ1) is 16.1. The largest absolute Gasteiger partial charge is 0.480 e. The normalized spacial score (nSPS) is 15.4. The van der Waals surface area contributed by atoms with Gasteiger partial charge in [0.25, 0.3) is 0 Å². The highest BCUT2D eigenvalue weighted by Gasteiger charge is 2.30. The number of H-pyrrole nitrogens is 1. The minimum Gasteiger partial charge on any atom is -0.480 e. The predicted octanol–water partition coefficient (Wildman–Crippen LogP) is -1.08. The van der Waals surface area contributed by atoms with Crippen LogP contribution in [0.25, 0.3) is 0 Å². The smallest absolute Gasteiger partial charge is 0.326 e. The molecular weight excluding hydrogens is 462 g/mol. The lowest BCUT2D eigenvalue weighted by Gasteiger charge is -2.25. The monoisotopic (exact) mass is 499 g/mol. The van der Waals surface area contributed by atoms with Crippen LogP contribution in [0.2, 0.25) is 0 Å². The molecule has 0 saturated carbocycles. The maximum Gasteiger partial charge on any atom is 0.326 e. The summed E-state index contributed by atoms with van der Waals surface area (Å²) in [6.07, 6.45) is 5.09. The Morgan fingerprint density at radius 1 is 1.09 bits per heavy atom. The first-order valence-electron chi connectivity index (χ1n) is 11.3. The third-order valence-corrected chi connectivity index (χ3v) is 5.91. The molecule has 0 aliphatic carbocycles. The average molecular weight is 500 g/mol. The standard InChI is InChI=1S/C21H37N7O5S/c1-3-12(2)17(23)20(31)27-15(8-13-9-24-11-25-13)18(29)28-16(10-34)19(30)26-14(21(32)33)6-4-5-7-22/h9,11-12,14-17,34H,3-8,10,22-23H2,1-2H3,(H,24,25)(H,26,30)(H,27,31)(H,28,29)(H,32,33). The molecule has 192 valence electrons. The molecule has 13 heteroatoms. The fourth-order valence-corrected chi connectivity index (χ4v) is 3.35. The molecule has 9 N–H and O–H groups in total. The van der Waals surface area contributed by atoms with Crippen molar-refractivity contribution < 1.29 is 24.3 Å². The third-order valence-electron chi connectivity index (χ3n) is 5.55. The summed E-state index contributed by atoms with van der Waals surface area (Å²) in [5, 5.41) is 17.0. The highest BCUT2D eigenvalue weighted by molar-refractivity contribution is 7.80. The van der Waals surface area contributed by atoms with E-state index in [0.717, 1.165) is 0 Å². The van der Waals surface area contributed by atoms with E-state index in [1.165, 1.54) is 12.5 Å². The number of carbonyl (C=O) groups excluding carboxylic acids is 3. The molecule has 1 aromatic rings.